The molecule has 1 aliphatic rings. The fourth-order valence-electron chi connectivity index (χ4n) is 2.16. The Bertz CT molecular complexity index is 357. The van der Waals surface area contributed by atoms with Crippen molar-refractivity contribution < 1.29 is 19.5 Å². The van der Waals surface area contributed by atoms with Crippen molar-refractivity contribution in [3.63, 3.8) is 0 Å². The van der Waals surface area contributed by atoms with E-state index in [1.807, 2.05) is 0 Å². The normalized spacial score (nSPS) is 20.7. The molecule has 2 atom stereocenters. The number of likely N-dealkylation sites (tertiary alicyclic amines) is 1. The van der Waals surface area contributed by atoms with Crippen LogP contribution in [0.2, 0.25) is 0 Å². The van der Waals surface area contributed by atoms with Gasteiger partial charge in [0.25, 0.3) is 0 Å². The molecule has 2 amide bonds. The summed E-state index contributed by atoms with van der Waals surface area (Å²) in [5.41, 5.74) is 0. The minimum atomic E-state index is -0.939. The van der Waals surface area contributed by atoms with Gasteiger partial charge in [-0.05, 0) is 19.3 Å². The van der Waals surface area contributed by atoms with Crippen LogP contribution in [0.15, 0.2) is 0 Å². The van der Waals surface area contributed by atoms with E-state index in [4.69, 9.17) is 5.11 Å². The molecular weight excluding hydrogens is 248 g/mol. The smallest absolute Gasteiger partial charge is 0.308 e. The topological polar surface area (TPSA) is 86.7 Å². The second-order valence-corrected chi connectivity index (χ2v) is 4.94. The molecule has 0 aromatic carbocycles. The number of nitrogens with one attached hydrogen (secondary N) is 1. The minimum Gasteiger partial charge on any atom is -0.481 e. The lowest BCUT2D eigenvalue weighted by Gasteiger charge is -2.34. The average Bonchev–Trinajstić information content (AvgIpc) is 2.43. The van der Waals surface area contributed by atoms with E-state index in [0.29, 0.717) is 19.4 Å². The predicted octanol–water partition coefficient (Wildman–Crippen LogP) is 0.614. The van der Waals surface area contributed by atoms with Crippen LogP contribution < -0.4 is 5.32 Å². The van der Waals surface area contributed by atoms with E-state index in [2.05, 4.69) is 5.32 Å². The maximum atomic E-state index is 12.1. The molecular formula is C13H22N2O4. The number of aliphatic carboxylic acids is 1. The molecule has 0 saturated carbocycles. The van der Waals surface area contributed by atoms with E-state index in [1.54, 1.807) is 18.7 Å². The van der Waals surface area contributed by atoms with Crippen LogP contribution in [0.5, 0.6) is 0 Å². The van der Waals surface area contributed by atoms with Crippen molar-refractivity contribution in [1.82, 2.24) is 10.2 Å². The van der Waals surface area contributed by atoms with E-state index in [0.717, 1.165) is 12.8 Å². The van der Waals surface area contributed by atoms with Crippen LogP contribution in [0, 0.1) is 5.92 Å². The summed E-state index contributed by atoms with van der Waals surface area (Å²) in [4.78, 5) is 36.1. The van der Waals surface area contributed by atoms with Crippen molar-refractivity contribution in [1.29, 1.82) is 0 Å². The first kappa shape index (κ1) is 15.5. The third kappa shape index (κ3) is 4.22. The molecule has 6 heteroatoms. The zero-order valence-electron chi connectivity index (χ0n) is 11.5. The largest absolute Gasteiger partial charge is 0.481 e. The number of carboxylic acids is 1. The van der Waals surface area contributed by atoms with Crippen LogP contribution in [-0.2, 0) is 14.4 Å². The number of carbonyl (C=O) groups is 3. The molecule has 108 valence electrons. The Morgan fingerprint density at radius 3 is 2.63 bits per heavy atom. The number of hydrogen-bond acceptors (Lipinski definition) is 3. The third-order valence-corrected chi connectivity index (χ3v) is 3.43. The molecule has 0 radical (unpaired) electrons. The lowest BCUT2D eigenvalue weighted by atomic mass is 10.0. The van der Waals surface area contributed by atoms with Gasteiger partial charge in [0.1, 0.15) is 6.04 Å². The van der Waals surface area contributed by atoms with Crippen LogP contribution in [0.4, 0.5) is 0 Å². The second kappa shape index (κ2) is 7.11. The summed E-state index contributed by atoms with van der Waals surface area (Å²) < 4.78 is 0. The summed E-state index contributed by atoms with van der Waals surface area (Å²) in [5.74, 6) is -1.82. The van der Waals surface area contributed by atoms with E-state index >= 15 is 0 Å². The third-order valence-electron chi connectivity index (χ3n) is 3.43. The number of rotatable bonds is 5. The highest BCUT2D eigenvalue weighted by atomic mass is 16.4. The number of hydrogen-bond donors (Lipinski definition) is 2. The predicted molar refractivity (Wildman–Crippen MR) is 69.5 cm³/mol. The number of carbonyl (C=O) groups excluding carboxylic acids is 2. The van der Waals surface area contributed by atoms with Crippen molar-refractivity contribution in [2.75, 3.05) is 13.1 Å². The Morgan fingerprint density at radius 1 is 1.37 bits per heavy atom. The van der Waals surface area contributed by atoms with Crippen LogP contribution in [0.25, 0.3) is 0 Å². The first-order valence-corrected chi connectivity index (χ1v) is 6.77. The van der Waals surface area contributed by atoms with Crippen molar-refractivity contribution in [2.24, 2.45) is 5.92 Å². The molecule has 6 nitrogen and oxygen atoms in total. The van der Waals surface area contributed by atoms with Gasteiger partial charge in [-0.3, -0.25) is 14.4 Å². The molecule has 0 aromatic rings. The first-order valence-electron chi connectivity index (χ1n) is 6.77. The highest BCUT2D eigenvalue weighted by molar-refractivity contribution is 5.88. The van der Waals surface area contributed by atoms with E-state index < -0.39 is 17.9 Å². The summed E-state index contributed by atoms with van der Waals surface area (Å²) in [6.07, 6.45) is 2.87. The molecule has 0 aliphatic carbocycles. The second-order valence-electron chi connectivity index (χ2n) is 4.94. The minimum absolute atomic E-state index is 0.0221. The Morgan fingerprint density at radius 2 is 2.05 bits per heavy atom. The fourth-order valence-corrected chi connectivity index (χ4v) is 2.16. The molecule has 0 bridgehead atoms. The molecule has 2 N–H and O–H groups in total. The highest BCUT2D eigenvalue weighted by Gasteiger charge is 2.31. The molecule has 1 fully saturated rings. The summed E-state index contributed by atoms with van der Waals surface area (Å²) >= 11 is 0. The van der Waals surface area contributed by atoms with Crippen molar-refractivity contribution in [3.05, 3.63) is 0 Å². The Kier molecular flexibility index (Phi) is 5.79. The number of amides is 2. The maximum Gasteiger partial charge on any atom is 0.308 e. The van der Waals surface area contributed by atoms with E-state index in [9.17, 15) is 14.4 Å². The maximum absolute atomic E-state index is 12.1. The molecule has 2 unspecified atom stereocenters. The molecule has 0 spiro atoms. The summed E-state index contributed by atoms with van der Waals surface area (Å²) in [5, 5.41) is 11.4. The average molecular weight is 270 g/mol. The molecule has 1 rings (SSSR count). The Labute approximate surface area is 113 Å². The van der Waals surface area contributed by atoms with E-state index in [1.165, 1.54) is 0 Å². The van der Waals surface area contributed by atoms with Gasteiger partial charge in [0.05, 0.1) is 5.92 Å². The zero-order chi connectivity index (χ0) is 14.4. The Balaban J connectivity index is 2.57. The number of carboxylic acid groups (broad SMARTS) is 1. The van der Waals surface area contributed by atoms with Gasteiger partial charge in [0.2, 0.25) is 11.8 Å². The fraction of sp³-hybridized carbons (Fsp3) is 0.769. The van der Waals surface area contributed by atoms with Crippen LogP contribution in [0.1, 0.15) is 39.5 Å². The first-order chi connectivity index (χ1) is 8.97. The van der Waals surface area contributed by atoms with Gasteiger partial charge in [-0.25, -0.2) is 0 Å². The summed E-state index contributed by atoms with van der Waals surface area (Å²) in [6, 6.07) is -0.442. The molecule has 1 heterocycles. The lowest BCUT2D eigenvalue weighted by molar-refractivity contribution is -0.143. The lowest BCUT2D eigenvalue weighted by Crippen LogP contribution is -2.52. The highest BCUT2D eigenvalue weighted by Crippen LogP contribution is 2.18. The summed E-state index contributed by atoms with van der Waals surface area (Å²) in [7, 11) is 0. The quantitative estimate of drug-likeness (QED) is 0.766. The van der Waals surface area contributed by atoms with Gasteiger partial charge in [-0.1, -0.05) is 13.8 Å². The van der Waals surface area contributed by atoms with Crippen LogP contribution in [0.3, 0.4) is 0 Å². The molecule has 1 aliphatic heterocycles. The van der Waals surface area contributed by atoms with E-state index in [-0.39, 0.29) is 18.4 Å². The van der Waals surface area contributed by atoms with Gasteiger partial charge in [-0.2, -0.15) is 0 Å². The van der Waals surface area contributed by atoms with Gasteiger partial charge < -0.3 is 15.3 Å². The van der Waals surface area contributed by atoms with Crippen molar-refractivity contribution in [2.45, 2.75) is 45.6 Å². The van der Waals surface area contributed by atoms with Crippen LogP contribution >= 0.6 is 0 Å². The molecule has 1 saturated heterocycles. The van der Waals surface area contributed by atoms with Crippen LogP contribution in [-0.4, -0.2) is 46.9 Å². The van der Waals surface area contributed by atoms with Gasteiger partial charge in [0, 0.05) is 19.5 Å². The standard InChI is InChI=1S/C13H22N2O4/c1-3-11(16)15-7-5-4-6-10(15)12(17)14-8-9(2)13(18)19/h9-10H,3-8H2,1-2H3,(H,14,17)(H,18,19). The Hall–Kier alpha value is -1.59. The monoisotopic (exact) mass is 270 g/mol. The molecule has 0 aromatic heterocycles. The molecule has 19 heavy (non-hydrogen) atoms. The number of piperidine rings is 1. The summed E-state index contributed by atoms with van der Waals surface area (Å²) in [6.45, 7) is 4.02. The van der Waals surface area contributed by atoms with Gasteiger partial charge in [0.15, 0.2) is 0 Å². The van der Waals surface area contributed by atoms with Gasteiger partial charge >= 0.3 is 5.97 Å². The SMILES string of the molecule is CCC(=O)N1CCCCC1C(=O)NCC(C)C(=O)O. The number of nitrogens with zero attached hydrogens (tertiary/aromatic N) is 1. The van der Waals surface area contributed by atoms with Crippen molar-refractivity contribution in [3.8, 4) is 0 Å². The van der Waals surface area contributed by atoms with Crippen molar-refractivity contribution >= 4 is 17.8 Å². The zero-order valence-corrected chi connectivity index (χ0v) is 11.5. The van der Waals surface area contributed by atoms with Gasteiger partial charge in [-0.15, -0.1) is 0 Å².